The van der Waals surface area contributed by atoms with E-state index in [2.05, 4.69) is 22.9 Å². The lowest BCUT2D eigenvalue weighted by molar-refractivity contribution is -0.105. The summed E-state index contributed by atoms with van der Waals surface area (Å²) < 4.78 is 0. The van der Waals surface area contributed by atoms with Gasteiger partial charge in [-0.25, -0.2) is 0 Å². The Bertz CT molecular complexity index is 202. The van der Waals surface area contributed by atoms with E-state index in [1.165, 1.54) is 6.20 Å². The lowest BCUT2D eigenvalue weighted by Gasteiger charge is -2.19. The van der Waals surface area contributed by atoms with Crippen molar-refractivity contribution in [3.63, 3.8) is 0 Å². The second-order valence-corrected chi connectivity index (χ2v) is 2.19. The Morgan fingerprint density at radius 2 is 2.50 bits per heavy atom. The first-order valence-electron chi connectivity index (χ1n) is 2.64. The van der Waals surface area contributed by atoms with Gasteiger partial charge in [-0.15, -0.1) is 0 Å². The number of carbonyl (C=O) groups is 1. The minimum atomic E-state index is -0.966. The van der Waals surface area contributed by atoms with Gasteiger partial charge in [0.2, 0.25) is 0 Å². The normalized spacial score (nSPS) is 24.3. The highest BCUT2D eigenvalue weighted by molar-refractivity contribution is 7.80. The molecule has 5 heteroatoms. The van der Waals surface area contributed by atoms with Crippen molar-refractivity contribution in [3.8, 4) is 0 Å². The molecule has 0 radical (unpaired) electrons. The Labute approximate surface area is 62.9 Å². The number of aldehydes is 1. The van der Waals surface area contributed by atoms with Gasteiger partial charge in [-0.2, -0.15) is 0 Å². The van der Waals surface area contributed by atoms with Crippen LogP contribution < -0.4 is 10.6 Å². The number of hydrogen-bond acceptors (Lipinski definition) is 3. The van der Waals surface area contributed by atoms with Gasteiger partial charge in [0, 0.05) is 6.20 Å². The number of rotatable bonds is 1. The zero-order valence-corrected chi connectivity index (χ0v) is 5.81. The van der Waals surface area contributed by atoms with Crippen molar-refractivity contribution < 1.29 is 9.90 Å². The van der Waals surface area contributed by atoms with Gasteiger partial charge in [-0.1, -0.05) is 0 Å². The minimum absolute atomic E-state index is 0.244. The molecule has 1 aliphatic heterocycles. The molecule has 0 spiro atoms. The number of hydrogen-bond donors (Lipinski definition) is 3. The molecule has 1 atom stereocenters. The number of thiocarbonyl (C=S) groups is 1. The van der Waals surface area contributed by atoms with E-state index in [0.29, 0.717) is 11.4 Å². The van der Waals surface area contributed by atoms with Crippen LogP contribution in [0.15, 0.2) is 11.8 Å². The van der Waals surface area contributed by atoms with Gasteiger partial charge in [0.05, 0.1) is 5.57 Å². The fraction of sp³-hybridized carbons (Fsp3) is 0.200. The summed E-state index contributed by atoms with van der Waals surface area (Å²) in [5.74, 6) is 0. The first-order valence-corrected chi connectivity index (χ1v) is 3.05. The molecular weight excluding hydrogens is 152 g/mol. The SMILES string of the molecule is O=CC1=CNC(=S)NC1O. The molecule has 0 bridgehead atoms. The number of carbonyl (C=O) groups excluding carboxylic acids is 1. The summed E-state index contributed by atoms with van der Waals surface area (Å²) in [7, 11) is 0. The van der Waals surface area contributed by atoms with E-state index in [4.69, 9.17) is 5.11 Å². The molecule has 0 amide bonds. The van der Waals surface area contributed by atoms with Crippen molar-refractivity contribution in [2.45, 2.75) is 6.23 Å². The van der Waals surface area contributed by atoms with Crippen LogP contribution in [0.4, 0.5) is 0 Å². The Balaban J connectivity index is 2.74. The van der Waals surface area contributed by atoms with Crippen LogP contribution in [0.1, 0.15) is 0 Å². The zero-order valence-electron chi connectivity index (χ0n) is 5.00. The number of aliphatic hydroxyl groups excluding tert-OH is 1. The molecule has 1 unspecified atom stereocenters. The highest BCUT2D eigenvalue weighted by atomic mass is 32.1. The second kappa shape index (κ2) is 2.76. The number of nitrogens with one attached hydrogen (secondary N) is 2. The lowest BCUT2D eigenvalue weighted by atomic mass is 10.2. The second-order valence-electron chi connectivity index (χ2n) is 1.78. The monoisotopic (exact) mass is 158 g/mol. The molecule has 0 aromatic heterocycles. The predicted molar refractivity (Wildman–Crippen MR) is 39.0 cm³/mol. The van der Waals surface area contributed by atoms with Crippen LogP contribution in [-0.4, -0.2) is 22.7 Å². The number of aliphatic hydroxyl groups is 1. The molecule has 1 rings (SSSR count). The van der Waals surface area contributed by atoms with E-state index in [-0.39, 0.29) is 5.57 Å². The summed E-state index contributed by atoms with van der Waals surface area (Å²) >= 11 is 4.64. The average molecular weight is 158 g/mol. The van der Waals surface area contributed by atoms with Gasteiger partial charge < -0.3 is 15.7 Å². The average Bonchev–Trinajstić information content (AvgIpc) is 1.88. The summed E-state index contributed by atoms with van der Waals surface area (Å²) in [6.45, 7) is 0. The summed E-state index contributed by atoms with van der Waals surface area (Å²) in [6, 6.07) is 0. The van der Waals surface area contributed by atoms with Crippen molar-refractivity contribution in [2.75, 3.05) is 0 Å². The molecular formula is C5H6N2O2S. The Kier molecular flexibility index (Phi) is 1.98. The molecule has 0 aromatic rings. The molecule has 1 heterocycles. The van der Waals surface area contributed by atoms with Gasteiger partial charge in [0.25, 0.3) is 0 Å². The van der Waals surface area contributed by atoms with E-state index in [0.717, 1.165) is 0 Å². The third kappa shape index (κ3) is 1.31. The van der Waals surface area contributed by atoms with Gasteiger partial charge in [0.15, 0.2) is 17.6 Å². The van der Waals surface area contributed by atoms with Crippen LogP contribution in [-0.2, 0) is 4.79 Å². The smallest absolute Gasteiger partial charge is 0.172 e. The van der Waals surface area contributed by atoms with Crippen molar-refractivity contribution in [1.29, 1.82) is 0 Å². The molecule has 0 aromatic carbocycles. The molecule has 10 heavy (non-hydrogen) atoms. The fourth-order valence-electron chi connectivity index (χ4n) is 0.575. The molecule has 54 valence electrons. The van der Waals surface area contributed by atoms with Gasteiger partial charge in [-0.3, -0.25) is 4.79 Å². The summed E-state index contributed by atoms with van der Waals surface area (Å²) in [5.41, 5.74) is 0.244. The van der Waals surface area contributed by atoms with Gasteiger partial charge in [-0.05, 0) is 12.2 Å². The van der Waals surface area contributed by atoms with E-state index in [1.807, 2.05) is 0 Å². The van der Waals surface area contributed by atoms with Crippen LogP contribution in [0.2, 0.25) is 0 Å². The van der Waals surface area contributed by atoms with E-state index in [1.54, 1.807) is 0 Å². The summed E-state index contributed by atoms with van der Waals surface area (Å²) in [5, 5.41) is 14.4. The molecule has 0 fully saturated rings. The highest BCUT2D eigenvalue weighted by Gasteiger charge is 2.14. The van der Waals surface area contributed by atoms with Crippen LogP contribution in [0.25, 0.3) is 0 Å². The summed E-state index contributed by atoms with van der Waals surface area (Å²) in [6.07, 6.45) is 0.967. The third-order valence-electron chi connectivity index (χ3n) is 1.09. The first kappa shape index (κ1) is 7.17. The molecule has 4 nitrogen and oxygen atoms in total. The Hall–Kier alpha value is -0.940. The van der Waals surface area contributed by atoms with Crippen LogP contribution in [0.3, 0.4) is 0 Å². The molecule has 0 aliphatic carbocycles. The topological polar surface area (TPSA) is 61.4 Å². The quantitative estimate of drug-likeness (QED) is 0.333. The fourth-order valence-corrected chi connectivity index (χ4v) is 0.746. The summed E-state index contributed by atoms with van der Waals surface area (Å²) in [4.78, 5) is 10.1. The standard InChI is InChI=1S/C5H6N2O2S/c8-2-3-1-6-5(10)7-4(3)9/h1-2,4,9H,(H2,6,7,10). The predicted octanol–water partition coefficient (Wildman–Crippen LogP) is -1.13. The maximum Gasteiger partial charge on any atom is 0.172 e. The van der Waals surface area contributed by atoms with Crippen molar-refractivity contribution in [1.82, 2.24) is 10.6 Å². The Morgan fingerprint density at radius 1 is 1.80 bits per heavy atom. The lowest BCUT2D eigenvalue weighted by Crippen LogP contribution is -2.45. The highest BCUT2D eigenvalue weighted by Crippen LogP contribution is 1.97. The van der Waals surface area contributed by atoms with Crippen LogP contribution in [0, 0.1) is 0 Å². The largest absolute Gasteiger partial charge is 0.369 e. The molecule has 1 aliphatic rings. The van der Waals surface area contributed by atoms with Crippen molar-refractivity contribution in [2.24, 2.45) is 0 Å². The van der Waals surface area contributed by atoms with Crippen LogP contribution in [0.5, 0.6) is 0 Å². The zero-order chi connectivity index (χ0) is 7.56. The Morgan fingerprint density at radius 3 is 3.00 bits per heavy atom. The third-order valence-corrected chi connectivity index (χ3v) is 1.33. The van der Waals surface area contributed by atoms with E-state index < -0.39 is 6.23 Å². The van der Waals surface area contributed by atoms with Crippen molar-refractivity contribution >= 4 is 23.6 Å². The van der Waals surface area contributed by atoms with Crippen molar-refractivity contribution in [3.05, 3.63) is 11.8 Å². The first-order chi connectivity index (χ1) is 4.74. The maximum absolute atomic E-state index is 10.1. The van der Waals surface area contributed by atoms with Gasteiger partial charge >= 0.3 is 0 Å². The molecule has 0 saturated carbocycles. The van der Waals surface area contributed by atoms with E-state index >= 15 is 0 Å². The van der Waals surface area contributed by atoms with Crippen LogP contribution >= 0.6 is 12.2 Å². The molecule has 3 N–H and O–H groups in total. The van der Waals surface area contributed by atoms with Gasteiger partial charge in [0.1, 0.15) is 0 Å². The van der Waals surface area contributed by atoms with E-state index in [9.17, 15) is 4.79 Å². The maximum atomic E-state index is 10.1. The minimum Gasteiger partial charge on any atom is -0.369 e. The molecule has 0 saturated heterocycles.